The molecule has 2 nitrogen and oxygen atoms in total. The summed E-state index contributed by atoms with van der Waals surface area (Å²) in [6.45, 7) is 4.57. The molecule has 0 radical (unpaired) electrons. The summed E-state index contributed by atoms with van der Waals surface area (Å²) in [6.07, 6.45) is 7.48. The van der Waals surface area contributed by atoms with E-state index in [4.69, 9.17) is 0 Å². The molecule has 1 saturated carbocycles. The SMILES string of the molecule is CC1CCCCC1(C#N)N1CCCC1. The Morgan fingerprint density at radius 2 is 1.93 bits per heavy atom. The van der Waals surface area contributed by atoms with Crippen molar-refractivity contribution in [3.8, 4) is 6.07 Å². The lowest BCUT2D eigenvalue weighted by Gasteiger charge is -2.43. The number of rotatable bonds is 1. The zero-order valence-corrected chi connectivity index (χ0v) is 9.13. The van der Waals surface area contributed by atoms with Crippen LogP contribution in [0, 0.1) is 17.2 Å². The summed E-state index contributed by atoms with van der Waals surface area (Å²) in [5.41, 5.74) is -0.102. The van der Waals surface area contributed by atoms with E-state index in [0.717, 1.165) is 19.5 Å². The van der Waals surface area contributed by atoms with E-state index in [-0.39, 0.29) is 5.54 Å². The van der Waals surface area contributed by atoms with Crippen molar-refractivity contribution in [2.75, 3.05) is 13.1 Å². The summed E-state index contributed by atoms with van der Waals surface area (Å²) in [5.74, 6) is 0.569. The highest BCUT2D eigenvalue weighted by Crippen LogP contribution is 2.39. The van der Waals surface area contributed by atoms with Gasteiger partial charge in [-0.25, -0.2) is 0 Å². The molecule has 2 fully saturated rings. The van der Waals surface area contributed by atoms with Crippen LogP contribution in [0.1, 0.15) is 45.4 Å². The molecule has 2 atom stereocenters. The minimum absolute atomic E-state index is 0.102. The van der Waals surface area contributed by atoms with Gasteiger partial charge in [-0.15, -0.1) is 0 Å². The predicted octanol–water partition coefficient (Wildman–Crippen LogP) is 2.55. The standard InChI is InChI=1S/C12H20N2/c1-11-6-2-3-7-12(11,10-13)14-8-4-5-9-14/h11H,2-9H2,1H3. The minimum atomic E-state index is -0.102. The van der Waals surface area contributed by atoms with E-state index in [1.807, 2.05) is 0 Å². The summed E-state index contributed by atoms with van der Waals surface area (Å²) >= 11 is 0. The Hall–Kier alpha value is -0.550. The fourth-order valence-corrected chi connectivity index (χ4v) is 3.15. The van der Waals surface area contributed by atoms with Gasteiger partial charge in [0.1, 0.15) is 5.54 Å². The Morgan fingerprint density at radius 3 is 2.50 bits per heavy atom. The van der Waals surface area contributed by atoms with Crippen LogP contribution in [0.5, 0.6) is 0 Å². The number of likely N-dealkylation sites (tertiary alicyclic amines) is 1. The van der Waals surface area contributed by atoms with Gasteiger partial charge >= 0.3 is 0 Å². The van der Waals surface area contributed by atoms with Crippen LogP contribution >= 0.6 is 0 Å². The van der Waals surface area contributed by atoms with E-state index in [2.05, 4.69) is 17.9 Å². The van der Waals surface area contributed by atoms with Crippen molar-refractivity contribution in [3.63, 3.8) is 0 Å². The van der Waals surface area contributed by atoms with Gasteiger partial charge in [0.05, 0.1) is 6.07 Å². The van der Waals surface area contributed by atoms with Gasteiger partial charge in [0.15, 0.2) is 0 Å². The van der Waals surface area contributed by atoms with Crippen LogP contribution in [0.15, 0.2) is 0 Å². The van der Waals surface area contributed by atoms with Gasteiger partial charge in [0.2, 0.25) is 0 Å². The number of hydrogen-bond donors (Lipinski definition) is 0. The third kappa shape index (κ3) is 1.44. The highest BCUT2D eigenvalue weighted by atomic mass is 15.2. The molecule has 0 aromatic heterocycles. The highest BCUT2D eigenvalue weighted by Gasteiger charge is 2.44. The molecule has 0 bridgehead atoms. The number of hydrogen-bond acceptors (Lipinski definition) is 2. The van der Waals surface area contributed by atoms with E-state index in [0.29, 0.717) is 5.92 Å². The fraction of sp³-hybridized carbons (Fsp3) is 0.917. The maximum Gasteiger partial charge on any atom is 0.111 e. The van der Waals surface area contributed by atoms with Crippen molar-refractivity contribution in [1.29, 1.82) is 5.26 Å². The van der Waals surface area contributed by atoms with Crippen LogP contribution in [-0.2, 0) is 0 Å². The Bertz CT molecular complexity index is 237. The van der Waals surface area contributed by atoms with Crippen LogP contribution in [0.4, 0.5) is 0 Å². The lowest BCUT2D eigenvalue weighted by atomic mass is 9.73. The molecule has 2 rings (SSSR count). The number of nitrogens with zero attached hydrogens (tertiary/aromatic N) is 2. The largest absolute Gasteiger partial charge is 0.285 e. The minimum Gasteiger partial charge on any atom is -0.285 e. The second-order valence-corrected chi connectivity index (χ2v) is 4.88. The Kier molecular flexibility index (Phi) is 2.78. The van der Waals surface area contributed by atoms with E-state index >= 15 is 0 Å². The number of nitriles is 1. The zero-order chi connectivity index (χ0) is 10.0. The quantitative estimate of drug-likeness (QED) is 0.638. The van der Waals surface area contributed by atoms with Gasteiger partial charge in [0.25, 0.3) is 0 Å². The lowest BCUT2D eigenvalue weighted by molar-refractivity contribution is 0.0746. The van der Waals surface area contributed by atoms with Gasteiger partial charge in [-0.3, -0.25) is 4.90 Å². The second kappa shape index (κ2) is 3.90. The topological polar surface area (TPSA) is 27.0 Å². The second-order valence-electron chi connectivity index (χ2n) is 4.88. The Balaban J connectivity index is 2.18. The molecule has 78 valence electrons. The Morgan fingerprint density at radius 1 is 1.21 bits per heavy atom. The molecule has 0 spiro atoms. The highest BCUT2D eigenvalue weighted by molar-refractivity contribution is 5.13. The molecule has 2 aliphatic rings. The molecule has 0 aromatic rings. The van der Waals surface area contributed by atoms with Crippen LogP contribution in [0.2, 0.25) is 0 Å². The van der Waals surface area contributed by atoms with E-state index < -0.39 is 0 Å². The van der Waals surface area contributed by atoms with Crippen molar-refractivity contribution in [3.05, 3.63) is 0 Å². The molecular formula is C12H20N2. The Labute approximate surface area is 86.9 Å². The maximum atomic E-state index is 9.48. The lowest BCUT2D eigenvalue weighted by Crippen LogP contribution is -2.52. The molecule has 1 heterocycles. The summed E-state index contributed by atoms with van der Waals surface area (Å²) in [4.78, 5) is 2.46. The first-order valence-electron chi connectivity index (χ1n) is 5.96. The average molecular weight is 192 g/mol. The van der Waals surface area contributed by atoms with Crippen LogP contribution in [0.3, 0.4) is 0 Å². The zero-order valence-electron chi connectivity index (χ0n) is 9.13. The third-order valence-corrected chi connectivity index (χ3v) is 4.12. The maximum absolute atomic E-state index is 9.48. The summed E-state index contributed by atoms with van der Waals surface area (Å²) in [7, 11) is 0. The molecule has 0 aromatic carbocycles. The van der Waals surface area contributed by atoms with Crippen molar-refractivity contribution in [2.45, 2.75) is 51.0 Å². The van der Waals surface area contributed by atoms with Crippen molar-refractivity contribution in [2.24, 2.45) is 5.92 Å². The average Bonchev–Trinajstić information content (AvgIpc) is 2.72. The van der Waals surface area contributed by atoms with E-state index in [1.54, 1.807) is 0 Å². The normalized spacial score (nSPS) is 39.6. The molecule has 1 saturated heterocycles. The molecule has 0 amide bonds. The van der Waals surface area contributed by atoms with Gasteiger partial charge in [0, 0.05) is 0 Å². The molecular weight excluding hydrogens is 172 g/mol. The monoisotopic (exact) mass is 192 g/mol. The van der Waals surface area contributed by atoms with Crippen molar-refractivity contribution >= 4 is 0 Å². The summed E-state index contributed by atoms with van der Waals surface area (Å²) < 4.78 is 0. The fourth-order valence-electron chi connectivity index (χ4n) is 3.15. The van der Waals surface area contributed by atoms with E-state index in [1.165, 1.54) is 32.1 Å². The van der Waals surface area contributed by atoms with Gasteiger partial charge in [-0.2, -0.15) is 5.26 Å². The van der Waals surface area contributed by atoms with Gasteiger partial charge in [-0.1, -0.05) is 19.8 Å². The molecule has 2 heteroatoms. The molecule has 14 heavy (non-hydrogen) atoms. The first-order valence-corrected chi connectivity index (χ1v) is 5.96. The van der Waals surface area contributed by atoms with Gasteiger partial charge in [-0.05, 0) is 44.7 Å². The first-order chi connectivity index (χ1) is 6.79. The predicted molar refractivity (Wildman–Crippen MR) is 56.8 cm³/mol. The molecule has 1 aliphatic heterocycles. The van der Waals surface area contributed by atoms with E-state index in [9.17, 15) is 5.26 Å². The molecule has 1 aliphatic carbocycles. The van der Waals surface area contributed by atoms with Crippen LogP contribution in [-0.4, -0.2) is 23.5 Å². The van der Waals surface area contributed by atoms with Crippen LogP contribution in [0.25, 0.3) is 0 Å². The molecule has 0 N–H and O–H groups in total. The summed E-state index contributed by atoms with van der Waals surface area (Å²) in [6, 6.07) is 2.64. The van der Waals surface area contributed by atoms with Gasteiger partial charge < -0.3 is 0 Å². The van der Waals surface area contributed by atoms with Crippen LogP contribution < -0.4 is 0 Å². The molecule has 2 unspecified atom stereocenters. The first kappa shape index (κ1) is 9.98. The smallest absolute Gasteiger partial charge is 0.111 e. The van der Waals surface area contributed by atoms with Crippen molar-refractivity contribution in [1.82, 2.24) is 4.90 Å². The third-order valence-electron chi connectivity index (χ3n) is 4.12. The summed E-state index contributed by atoms with van der Waals surface area (Å²) in [5, 5.41) is 9.48. The van der Waals surface area contributed by atoms with Crippen molar-refractivity contribution < 1.29 is 0 Å².